The van der Waals surface area contributed by atoms with Crippen molar-refractivity contribution in [3.05, 3.63) is 71.0 Å². The molecule has 1 spiro atoms. The Labute approximate surface area is 414 Å². The molecule has 3 rings (SSSR count). The number of carbonyl (C=O) groups excluding carboxylic acids is 1. The maximum Gasteiger partial charge on any atom is 0.469 e. The molecule has 2 saturated heterocycles. The number of phosphoric ester groups is 1. The number of oxazole rings is 1. The van der Waals surface area contributed by atoms with Crippen molar-refractivity contribution in [3.63, 3.8) is 0 Å². The zero-order valence-electron chi connectivity index (χ0n) is 43.1. The highest BCUT2D eigenvalue weighted by Gasteiger charge is 2.68. The molecule has 3 heterocycles. The van der Waals surface area contributed by atoms with E-state index in [1.54, 1.807) is 45.8 Å². The average Bonchev–Trinajstić information content (AvgIpc) is 3.84. The second-order valence-corrected chi connectivity index (χ2v) is 21.1. The molecule has 19 nitrogen and oxygen atoms in total. The zero-order chi connectivity index (χ0) is 52.9. The van der Waals surface area contributed by atoms with Crippen LogP contribution in [0.3, 0.4) is 0 Å². The Morgan fingerprint density at radius 2 is 1.76 bits per heavy atom. The number of nitrogens with zero attached hydrogens (tertiary/aromatic N) is 3. The van der Waals surface area contributed by atoms with Crippen LogP contribution in [0.15, 0.2) is 63.9 Å². The van der Waals surface area contributed by atoms with Crippen LogP contribution in [0.4, 0.5) is 0 Å². The number of aliphatic hydroxyl groups excluding tert-OH is 5. The second-order valence-electron chi connectivity index (χ2n) is 19.9. The minimum absolute atomic E-state index is 0.0645. The number of hydrogen-bond acceptors (Lipinski definition) is 16. The van der Waals surface area contributed by atoms with Crippen molar-refractivity contribution in [2.24, 2.45) is 23.2 Å². The number of amides is 1. The number of carbonyl (C=O) groups is 1. The number of rotatable bonds is 26. The summed E-state index contributed by atoms with van der Waals surface area (Å²) in [7, 11) is 1.12. The smallest absolute Gasteiger partial charge is 0.448 e. The molecule has 0 bridgehead atoms. The fraction of sp³-hybridized carbons (Fsp3) is 0.700. The number of ether oxygens (including phenoxy) is 4. The lowest BCUT2D eigenvalue weighted by molar-refractivity contribution is -0.334. The van der Waals surface area contributed by atoms with Crippen LogP contribution >= 0.6 is 7.82 Å². The first-order chi connectivity index (χ1) is 32.6. The van der Waals surface area contributed by atoms with Gasteiger partial charge in [-0.25, -0.2) is 9.55 Å². The molecule has 2 fully saturated rings. The third-order valence-electron chi connectivity index (χ3n) is 14.0. The summed E-state index contributed by atoms with van der Waals surface area (Å²) in [6.07, 6.45) is 4.10. The van der Waals surface area contributed by atoms with Crippen molar-refractivity contribution in [3.8, 4) is 6.07 Å². The van der Waals surface area contributed by atoms with E-state index >= 15 is 0 Å². The van der Waals surface area contributed by atoms with Crippen LogP contribution in [-0.4, -0.2) is 159 Å². The van der Waals surface area contributed by atoms with Gasteiger partial charge in [0.2, 0.25) is 0 Å². The van der Waals surface area contributed by atoms with Gasteiger partial charge in [0, 0.05) is 68.8 Å². The molecule has 70 heavy (non-hydrogen) atoms. The number of likely N-dealkylation sites (N-methyl/N-ethyl adjacent to an activating group) is 1. The predicted molar refractivity (Wildman–Crippen MR) is 262 cm³/mol. The van der Waals surface area contributed by atoms with Gasteiger partial charge in [-0.3, -0.25) is 9.32 Å². The number of nitrogens with one attached hydrogen (secondary N) is 1. The summed E-state index contributed by atoms with van der Waals surface area (Å²) in [5, 5.41) is 67.1. The van der Waals surface area contributed by atoms with Gasteiger partial charge in [0.1, 0.15) is 30.3 Å². The highest BCUT2D eigenvalue weighted by atomic mass is 31.2. The molecule has 15 atom stereocenters. The molecule has 8 N–H and O–H groups in total. The molecule has 20 heteroatoms. The fourth-order valence-corrected chi connectivity index (χ4v) is 9.64. The van der Waals surface area contributed by atoms with E-state index in [4.69, 9.17) is 33.2 Å². The molecule has 0 saturated carbocycles. The molecule has 0 aromatic carbocycles. The first-order valence-corrected chi connectivity index (χ1v) is 25.4. The summed E-state index contributed by atoms with van der Waals surface area (Å²) in [5.41, 5.74) is 1.87. The highest BCUT2D eigenvalue weighted by Crippen LogP contribution is 2.59. The Bertz CT molecular complexity index is 2080. The molecular weight excluding hydrogens is 928 g/mol. The van der Waals surface area contributed by atoms with E-state index in [1.807, 2.05) is 78.0 Å². The lowest BCUT2D eigenvalue weighted by atomic mass is 9.72. The summed E-state index contributed by atoms with van der Waals surface area (Å²) in [6.45, 7) is 16.6. The molecule has 0 radical (unpaired) electrons. The second kappa shape index (κ2) is 27.0. The van der Waals surface area contributed by atoms with Gasteiger partial charge >= 0.3 is 7.82 Å². The first-order valence-electron chi connectivity index (χ1n) is 23.8. The molecule has 2 aliphatic heterocycles. The molecule has 2 aliphatic rings. The average molecular weight is 1010 g/mol. The fourth-order valence-electron chi connectivity index (χ4n) is 8.96. The quantitative estimate of drug-likeness (QED) is 0.0355. The van der Waals surface area contributed by atoms with Crippen LogP contribution in [0.5, 0.6) is 0 Å². The van der Waals surface area contributed by atoms with E-state index in [-0.39, 0.29) is 44.2 Å². The number of phosphoric acid groups is 1. The molecule has 396 valence electrons. The standard InChI is InChI=1S/C50H81N4O15P/c1-29(20-22-51)16-14-17-30(2)32(4)24-33(5)42(57)35(7)38(55)25-41(65-13)45-46(69-70(61,62)63)49(8,9)50(68-45)26-39(56)34(6)40(67-50)19-15-18-36-27-66-48(53-36)31(3)21-23-52-47(60)44(59)43(58)37(28-64-12)54(10)11/h14-18,20,24,27,31,33-35,37-46,55-59H,19,21,23,25-26,28H2,1-13H3,(H,52,60)(H2,61,62,63)/t31-,33+,34+,35-,37-,38-,39+,40-,41-,42+,43-,44-,45+,46-,50+/m0/s1. The Morgan fingerprint density at radius 3 is 2.36 bits per heavy atom. The zero-order valence-corrected chi connectivity index (χ0v) is 44.0. The number of hydrogen-bond donors (Lipinski definition) is 8. The van der Waals surface area contributed by atoms with Gasteiger partial charge < -0.3 is 68.9 Å². The van der Waals surface area contributed by atoms with Crippen LogP contribution < -0.4 is 5.32 Å². The molecule has 1 aromatic rings. The van der Waals surface area contributed by atoms with Crippen molar-refractivity contribution in [1.29, 1.82) is 5.26 Å². The molecule has 1 amide bonds. The number of methoxy groups -OCH3 is 2. The minimum Gasteiger partial charge on any atom is -0.448 e. The SMILES string of the molecule is COC[C@@H]([C@H](O)[C@H](O)C(=O)NCC[C@H](C)c1nc(C=CC[C@@H]2O[C@]3(C[C@@H](O)[C@H]2C)O[C@H]([C@H](C[C@H](O)[C@H](C)[C@H](O)[C@H](C)C=C(C)C(C)=CC=CC(C)=CC#N)OC)[C@H](OP(=O)(O)O)C3(C)C)co1)N(C)C. The topological polar surface area (TPSA) is 287 Å². The Balaban J connectivity index is 1.74. The summed E-state index contributed by atoms with van der Waals surface area (Å²) < 4.78 is 48.2. The van der Waals surface area contributed by atoms with Gasteiger partial charge in [0.05, 0.1) is 49.2 Å². The first kappa shape index (κ1) is 60.9. The van der Waals surface area contributed by atoms with Crippen molar-refractivity contribution in [2.45, 2.75) is 161 Å². The highest BCUT2D eigenvalue weighted by molar-refractivity contribution is 7.46. The molecule has 0 aliphatic carbocycles. The Kier molecular flexibility index (Phi) is 23.5. The van der Waals surface area contributed by atoms with Crippen molar-refractivity contribution >= 4 is 19.8 Å². The van der Waals surface area contributed by atoms with Gasteiger partial charge in [-0.1, -0.05) is 77.5 Å². The van der Waals surface area contributed by atoms with Crippen LogP contribution in [0.1, 0.15) is 105 Å². The van der Waals surface area contributed by atoms with Gasteiger partial charge in [-0.15, -0.1) is 0 Å². The van der Waals surface area contributed by atoms with Gasteiger partial charge in [-0.05, 0) is 64.9 Å². The maximum atomic E-state index is 12.6. The largest absolute Gasteiger partial charge is 0.469 e. The van der Waals surface area contributed by atoms with E-state index in [0.717, 1.165) is 16.7 Å². The summed E-state index contributed by atoms with van der Waals surface area (Å²) in [4.78, 5) is 39.2. The minimum atomic E-state index is -5.15. The van der Waals surface area contributed by atoms with Gasteiger partial charge in [0.15, 0.2) is 17.8 Å². The van der Waals surface area contributed by atoms with Crippen LogP contribution in [0.2, 0.25) is 0 Å². The summed E-state index contributed by atoms with van der Waals surface area (Å²) in [5.74, 6) is -3.63. The third-order valence-corrected chi connectivity index (χ3v) is 14.5. The normalized spacial score (nSPS) is 27.6. The third kappa shape index (κ3) is 16.3. The summed E-state index contributed by atoms with van der Waals surface area (Å²) >= 11 is 0. The van der Waals surface area contributed by atoms with Crippen LogP contribution in [-0.2, 0) is 32.8 Å². The maximum absolute atomic E-state index is 12.6. The van der Waals surface area contributed by atoms with Gasteiger partial charge in [-0.2, -0.15) is 5.26 Å². The van der Waals surface area contributed by atoms with E-state index in [1.165, 1.54) is 26.6 Å². The van der Waals surface area contributed by atoms with Crippen molar-refractivity contribution in [2.75, 3.05) is 41.5 Å². The predicted octanol–water partition coefficient (Wildman–Crippen LogP) is 4.69. The van der Waals surface area contributed by atoms with E-state index in [2.05, 4.69) is 10.3 Å². The van der Waals surface area contributed by atoms with Gasteiger partial charge in [0.25, 0.3) is 5.91 Å². The molecule has 1 aromatic heterocycles. The van der Waals surface area contributed by atoms with Crippen molar-refractivity contribution < 1.29 is 72.6 Å². The number of allylic oxidation sites excluding steroid dienone is 7. The number of aliphatic hydroxyl groups is 5. The number of aromatic nitrogens is 1. The lowest BCUT2D eigenvalue weighted by Gasteiger charge is -2.50. The monoisotopic (exact) mass is 1010 g/mol. The van der Waals surface area contributed by atoms with Crippen molar-refractivity contribution in [1.82, 2.24) is 15.2 Å². The Morgan fingerprint density at radius 1 is 1.09 bits per heavy atom. The van der Waals surface area contributed by atoms with E-state index in [9.17, 15) is 44.7 Å². The molecular formula is C50H81N4O15P. The van der Waals surface area contributed by atoms with Crippen LogP contribution in [0, 0.1) is 34.5 Å². The summed E-state index contributed by atoms with van der Waals surface area (Å²) in [6, 6.07) is 1.40. The Hall–Kier alpha value is -3.42. The van der Waals surface area contributed by atoms with E-state index in [0.29, 0.717) is 18.0 Å². The van der Waals surface area contributed by atoms with Crippen LogP contribution in [0.25, 0.3) is 6.08 Å². The van der Waals surface area contributed by atoms with E-state index < -0.39 is 97.7 Å². The number of nitriles is 1. The lowest BCUT2D eigenvalue weighted by Crippen LogP contribution is -2.58. The molecule has 0 unspecified atom stereocenters.